The summed E-state index contributed by atoms with van der Waals surface area (Å²) in [4.78, 5) is 10.7. The molecule has 0 spiro atoms. The van der Waals surface area contributed by atoms with Gasteiger partial charge in [-0.3, -0.25) is 0 Å². The van der Waals surface area contributed by atoms with Gasteiger partial charge >= 0.3 is 5.97 Å². The first kappa shape index (κ1) is 34.9. The van der Waals surface area contributed by atoms with Gasteiger partial charge in [0.05, 0.1) is 15.7 Å². The van der Waals surface area contributed by atoms with Gasteiger partial charge in [-0.25, -0.2) is 21.6 Å². The molecule has 0 aliphatic carbocycles. The Hall–Kier alpha value is -4.39. The number of halogens is 2. The molecule has 13 heteroatoms. The molecule has 3 N–H and O–H groups in total. The average molecular weight is 727 g/mol. The van der Waals surface area contributed by atoms with Crippen LogP contribution in [0.15, 0.2) is 119 Å². The van der Waals surface area contributed by atoms with Crippen molar-refractivity contribution in [2.75, 3.05) is 5.75 Å². The number of hydrogen-bond acceptors (Lipinski definition) is 7. The molecule has 0 radical (unpaired) electrons. The van der Waals surface area contributed by atoms with Crippen LogP contribution in [-0.4, -0.2) is 48.2 Å². The van der Waals surface area contributed by atoms with E-state index in [2.05, 4.69) is 0 Å². The van der Waals surface area contributed by atoms with E-state index in [1.165, 1.54) is 10.4 Å². The molecule has 0 bridgehead atoms. The number of carboxylic acid groups (broad SMARTS) is 1. The highest BCUT2D eigenvalue weighted by molar-refractivity contribution is 7.91. The number of carbonyl (C=O) groups is 1. The summed E-state index contributed by atoms with van der Waals surface area (Å²) in [5.41, 5.74) is 3.22. The van der Waals surface area contributed by atoms with E-state index >= 15 is 0 Å². The van der Waals surface area contributed by atoms with Gasteiger partial charge in [-0.1, -0.05) is 102 Å². The zero-order chi connectivity index (χ0) is 34.6. The molecule has 5 aromatic carbocycles. The molecule has 5 rings (SSSR count). The smallest absolute Gasteiger partial charge is 0.339 e. The highest BCUT2D eigenvalue weighted by Gasteiger charge is 2.30. The molecule has 0 aliphatic rings. The molecule has 9 nitrogen and oxygen atoms in total. The zero-order valence-corrected chi connectivity index (χ0v) is 28.3. The molecular weight excluding hydrogens is 697 g/mol. The maximum absolute atomic E-state index is 14.1. The van der Waals surface area contributed by atoms with E-state index in [0.29, 0.717) is 16.7 Å². The topological polar surface area (TPSA) is 149 Å². The minimum absolute atomic E-state index is 0.0239. The number of rotatable bonds is 12. The van der Waals surface area contributed by atoms with Crippen LogP contribution in [0.3, 0.4) is 0 Å². The molecule has 0 aliphatic heterocycles. The van der Waals surface area contributed by atoms with Crippen molar-refractivity contribution in [2.24, 2.45) is 0 Å². The quantitative estimate of drug-likeness (QED) is 0.123. The number of sulfone groups is 1. The van der Waals surface area contributed by atoms with Crippen molar-refractivity contribution < 1.29 is 36.9 Å². The van der Waals surface area contributed by atoms with Crippen LogP contribution in [0.4, 0.5) is 0 Å². The molecule has 0 fully saturated rings. The third-order valence-corrected chi connectivity index (χ3v) is 11.6. The fourth-order valence-corrected chi connectivity index (χ4v) is 8.55. The number of nitrogens with zero attached hydrogens (tertiary/aromatic N) is 1. The molecule has 0 unspecified atom stereocenters. The van der Waals surface area contributed by atoms with Crippen molar-refractivity contribution in [3.63, 3.8) is 0 Å². The number of aromatic carboxylic acids is 1. The first-order valence-corrected chi connectivity index (χ1v) is 18.3. The van der Waals surface area contributed by atoms with Crippen LogP contribution in [0.1, 0.15) is 27.0 Å². The average Bonchev–Trinajstić information content (AvgIpc) is 3.06. The van der Waals surface area contributed by atoms with Crippen molar-refractivity contribution in [2.45, 2.75) is 29.3 Å². The normalized spacial score (nSPS) is 11.9. The standard InChI is InChI=1S/C35H29Cl2NO8S2/c36-28-18-31(37)34(40)33(19-28)48(45,46)38(21-24-9-11-27(12-10-24)26-7-2-1-3-8-26)22-25-6-4-5-23(17-25)15-16-47(43,44)29-13-14-32(39)30(20-29)35(41)42/h1-14,17-20,39-40H,15-16,21-22H2,(H,41,42). The minimum Gasteiger partial charge on any atom is -0.507 e. The summed E-state index contributed by atoms with van der Waals surface area (Å²) in [5, 5.41) is 29.5. The number of aromatic hydroxyl groups is 2. The van der Waals surface area contributed by atoms with E-state index < -0.39 is 47.8 Å². The van der Waals surface area contributed by atoms with E-state index in [1.54, 1.807) is 24.3 Å². The van der Waals surface area contributed by atoms with E-state index in [4.69, 9.17) is 23.2 Å². The van der Waals surface area contributed by atoms with Crippen LogP contribution in [0.2, 0.25) is 10.0 Å². The van der Waals surface area contributed by atoms with Gasteiger partial charge in [0, 0.05) is 18.1 Å². The molecule has 0 amide bonds. The highest BCUT2D eigenvalue weighted by Crippen LogP contribution is 2.37. The van der Waals surface area contributed by atoms with Crippen LogP contribution in [-0.2, 0) is 39.4 Å². The first-order chi connectivity index (χ1) is 22.7. The van der Waals surface area contributed by atoms with E-state index in [0.717, 1.165) is 35.4 Å². The van der Waals surface area contributed by atoms with Crippen molar-refractivity contribution in [3.05, 3.63) is 141 Å². The maximum Gasteiger partial charge on any atom is 0.339 e. The largest absolute Gasteiger partial charge is 0.507 e. The molecule has 5 aromatic rings. The van der Waals surface area contributed by atoms with Gasteiger partial charge in [-0.2, -0.15) is 4.31 Å². The fraction of sp³-hybridized carbons (Fsp3) is 0.114. The van der Waals surface area contributed by atoms with Crippen molar-refractivity contribution in [1.82, 2.24) is 4.31 Å². The van der Waals surface area contributed by atoms with Crippen molar-refractivity contribution in [1.29, 1.82) is 0 Å². The second kappa shape index (κ2) is 14.4. The van der Waals surface area contributed by atoms with Crippen LogP contribution < -0.4 is 0 Å². The fourth-order valence-electron chi connectivity index (χ4n) is 5.08. The van der Waals surface area contributed by atoms with Gasteiger partial charge in [-0.15, -0.1) is 0 Å². The molecule has 0 heterocycles. The summed E-state index contributed by atoms with van der Waals surface area (Å²) in [7, 11) is -8.32. The Morgan fingerprint density at radius 2 is 1.33 bits per heavy atom. The lowest BCUT2D eigenvalue weighted by atomic mass is 10.0. The summed E-state index contributed by atoms with van der Waals surface area (Å²) in [6, 6.07) is 29.3. The minimum atomic E-state index is -4.38. The molecule has 0 aromatic heterocycles. The second-order valence-corrected chi connectivity index (χ2v) is 15.8. The SMILES string of the molecule is O=C(O)c1cc(S(=O)(=O)CCc2cccc(CN(Cc3ccc(-c4ccccc4)cc3)S(=O)(=O)c3cc(Cl)cc(Cl)c3O)c2)ccc1O. The Kier molecular flexibility index (Phi) is 10.5. The molecule has 0 saturated carbocycles. The van der Waals surface area contributed by atoms with Crippen LogP contribution in [0.25, 0.3) is 11.1 Å². The summed E-state index contributed by atoms with van der Waals surface area (Å²) < 4.78 is 55.4. The number of benzene rings is 5. The predicted octanol–water partition coefficient (Wildman–Crippen LogP) is 7.18. The Morgan fingerprint density at radius 3 is 2.02 bits per heavy atom. The zero-order valence-electron chi connectivity index (χ0n) is 25.1. The Balaban J connectivity index is 1.43. The number of phenolic OH excluding ortho intramolecular Hbond substituents is 1. The summed E-state index contributed by atoms with van der Waals surface area (Å²) in [6.07, 6.45) is 0.0395. The third-order valence-electron chi connectivity index (χ3n) is 7.60. The molecule has 248 valence electrons. The van der Waals surface area contributed by atoms with Crippen LogP contribution in [0.5, 0.6) is 11.5 Å². The lowest BCUT2D eigenvalue weighted by molar-refractivity contribution is 0.0693. The Labute approximate surface area is 288 Å². The van der Waals surface area contributed by atoms with Gasteiger partial charge in [0.1, 0.15) is 16.2 Å². The number of aryl methyl sites for hydroxylation is 1. The second-order valence-electron chi connectivity index (χ2n) is 10.9. The van der Waals surface area contributed by atoms with Gasteiger partial charge in [0.15, 0.2) is 15.6 Å². The van der Waals surface area contributed by atoms with Gasteiger partial charge < -0.3 is 15.3 Å². The van der Waals surface area contributed by atoms with Crippen molar-refractivity contribution >= 4 is 49.0 Å². The predicted molar refractivity (Wildman–Crippen MR) is 184 cm³/mol. The van der Waals surface area contributed by atoms with Crippen molar-refractivity contribution in [3.8, 4) is 22.6 Å². The van der Waals surface area contributed by atoms with Gasteiger partial charge in [0.2, 0.25) is 10.0 Å². The van der Waals surface area contributed by atoms with Crippen LogP contribution >= 0.6 is 23.2 Å². The number of carboxylic acids is 1. The lowest BCUT2D eigenvalue weighted by Crippen LogP contribution is -2.30. The molecule has 0 saturated heterocycles. The monoisotopic (exact) mass is 725 g/mol. The Morgan fingerprint density at radius 1 is 0.688 bits per heavy atom. The highest BCUT2D eigenvalue weighted by atomic mass is 35.5. The van der Waals surface area contributed by atoms with E-state index in [9.17, 15) is 36.9 Å². The summed E-state index contributed by atoms with van der Waals surface area (Å²) in [6.45, 7) is -0.223. The number of phenols is 2. The molecular formula is C35H29Cl2NO8S2. The summed E-state index contributed by atoms with van der Waals surface area (Å²) in [5.74, 6) is -3.01. The lowest BCUT2D eigenvalue weighted by Gasteiger charge is -2.24. The molecule has 0 atom stereocenters. The van der Waals surface area contributed by atoms with Gasteiger partial charge in [0.25, 0.3) is 0 Å². The van der Waals surface area contributed by atoms with Crippen LogP contribution in [0, 0.1) is 0 Å². The van der Waals surface area contributed by atoms with E-state index in [1.807, 2.05) is 54.6 Å². The summed E-state index contributed by atoms with van der Waals surface area (Å²) >= 11 is 12.2. The maximum atomic E-state index is 14.1. The number of hydrogen-bond donors (Lipinski definition) is 3. The van der Waals surface area contributed by atoms with Gasteiger partial charge in [-0.05, 0) is 64.6 Å². The first-order valence-electron chi connectivity index (χ1n) is 14.4. The van der Waals surface area contributed by atoms with E-state index in [-0.39, 0.29) is 40.2 Å². The number of sulfonamides is 1. The molecule has 48 heavy (non-hydrogen) atoms. The third kappa shape index (κ3) is 8.00. The Bertz CT molecular complexity index is 2190.